The minimum atomic E-state index is -2.08. The van der Waals surface area contributed by atoms with Crippen LogP contribution in [0.2, 0.25) is 0 Å². The van der Waals surface area contributed by atoms with Gasteiger partial charge in [0, 0.05) is 12.4 Å². The summed E-state index contributed by atoms with van der Waals surface area (Å²) in [6.07, 6.45) is 5.06. The van der Waals surface area contributed by atoms with Crippen LogP contribution < -0.4 is 9.47 Å². The molecule has 10 aromatic carbocycles. The second kappa shape index (κ2) is 21.2. The number of fused-ring (bicyclic) bond motifs is 2. The average molecular weight is 1030 g/mol. The zero-order chi connectivity index (χ0) is 54.0. The first-order valence-electron chi connectivity index (χ1n) is 26.8. The van der Waals surface area contributed by atoms with E-state index in [1.165, 1.54) is 0 Å². The van der Waals surface area contributed by atoms with Gasteiger partial charge in [-0.3, -0.25) is 0 Å². The maximum Gasteiger partial charge on any atom is 0.191 e. The van der Waals surface area contributed by atoms with E-state index in [1.807, 2.05) is 105 Å². The summed E-state index contributed by atoms with van der Waals surface area (Å²) in [7, 11) is 3.36. The monoisotopic (exact) mass is 1030 g/mol. The van der Waals surface area contributed by atoms with E-state index in [9.17, 15) is 0 Å². The molecule has 0 aliphatic heterocycles. The summed E-state index contributed by atoms with van der Waals surface area (Å²) in [6, 6.07) is 87.6. The summed E-state index contributed by atoms with van der Waals surface area (Å²) in [5.41, 5.74) is 4.12. The molecule has 0 aliphatic carbocycles. The van der Waals surface area contributed by atoms with Crippen LogP contribution in [-0.2, 0) is 21.4 Å². The molecule has 8 nitrogen and oxygen atoms in total. The molecule has 12 aromatic rings. The van der Waals surface area contributed by atoms with Crippen molar-refractivity contribution in [2.24, 2.45) is 0 Å². The van der Waals surface area contributed by atoms with Gasteiger partial charge in [0.1, 0.15) is 34.4 Å². The Kier molecular flexibility index (Phi) is 13.6. The van der Waals surface area contributed by atoms with Gasteiger partial charge in [-0.2, -0.15) is 0 Å². The Hall–Kier alpha value is -9.34. The van der Waals surface area contributed by atoms with Gasteiger partial charge in [0.15, 0.2) is 11.4 Å². The highest BCUT2D eigenvalue weighted by Gasteiger charge is 2.49. The first kappa shape index (κ1) is 50.5. The van der Waals surface area contributed by atoms with Gasteiger partial charge in [-0.05, 0) is 116 Å². The Morgan fingerprint density at radius 2 is 0.835 bits per heavy atom. The molecule has 2 aromatic heterocycles. The van der Waals surface area contributed by atoms with Crippen molar-refractivity contribution in [3.63, 3.8) is 0 Å². The summed E-state index contributed by atoms with van der Waals surface area (Å²) < 4.78 is 22.8. The van der Waals surface area contributed by atoms with E-state index in [2.05, 4.69) is 191 Å². The van der Waals surface area contributed by atoms with Gasteiger partial charge in [-0.1, -0.05) is 218 Å². The van der Waals surface area contributed by atoms with Crippen LogP contribution >= 0.6 is 0 Å². The SMILES string of the molecule is COc1ccc2cc(C(OC(C)C)c3cn(C(c4ccccc4)(c4ccccc4)c4ccccc4)c(C(O)(c4ccc5cc(OC)ccc5c4)c4cn(C(c5ccccc5)(c5ccccc5)c5ccccc5)cn4)n3)ccc2c1. The Morgan fingerprint density at radius 3 is 1.28 bits per heavy atom. The lowest BCUT2D eigenvalue weighted by Crippen LogP contribution is -2.43. The molecule has 0 fully saturated rings. The maximum absolute atomic E-state index is 15.2. The highest BCUT2D eigenvalue weighted by molar-refractivity contribution is 5.86. The molecule has 79 heavy (non-hydrogen) atoms. The molecule has 0 bridgehead atoms. The fourth-order valence-corrected chi connectivity index (χ4v) is 11.8. The summed E-state index contributed by atoms with van der Waals surface area (Å²) in [4.78, 5) is 11.3. The minimum Gasteiger partial charge on any atom is -0.497 e. The van der Waals surface area contributed by atoms with Crippen molar-refractivity contribution >= 4 is 21.5 Å². The number of ether oxygens (including phenoxy) is 3. The van der Waals surface area contributed by atoms with E-state index >= 15 is 5.11 Å². The van der Waals surface area contributed by atoms with Crippen LogP contribution in [0.4, 0.5) is 0 Å². The van der Waals surface area contributed by atoms with Gasteiger partial charge in [0.05, 0.1) is 32.3 Å². The molecule has 2 atom stereocenters. The average Bonchev–Trinajstić information content (AvgIpc) is 4.31. The van der Waals surface area contributed by atoms with Crippen molar-refractivity contribution in [2.45, 2.75) is 42.7 Å². The number of hydrogen-bond donors (Lipinski definition) is 1. The molecule has 2 unspecified atom stereocenters. The van der Waals surface area contributed by atoms with Crippen molar-refractivity contribution in [1.82, 2.24) is 19.1 Å². The largest absolute Gasteiger partial charge is 0.497 e. The number of imidazole rings is 2. The Labute approximate surface area is 461 Å². The van der Waals surface area contributed by atoms with Crippen LogP contribution in [0.1, 0.15) is 81.7 Å². The van der Waals surface area contributed by atoms with Crippen LogP contribution in [0.25, 0.3) is 21.5 Å². The second-order valence-electron chi connectivity index (χ2n) is 20.3. The molecule has 2 heterocycles. The Bertz CT molecular complexity index is 3820. The lowest BCUT2D eigenvalue weighted by atomic mass is 9.75. The summed E-state index contributed by atoms with van der Waals surface area (Å²) in [5, 5.41) is 19.1. The molecule has 0 aliphatic rings. The number of methoxy groups -OCH3 is 2. The fourth-order valence-electron chi connectivity index (χ4n) is 11.8. The van der Waals surface area contributed by atoms with E-state index in [0.717, 1.165) is 72.0 Å². The third-order valence-corrected chi connectivity index (χ3v) is 15.4. The molecule has 8 heteroatoms. The normalized spacial score (nSPS) is 13.1. The quantitative estimate of drug-likeness (QED) is 0.0915. The number of aromatic nitrogens is 4. The van der Waals surface area contributed by atoms with Gasteiger partial charge < -0.3 is 28.5 Å². The molecule has 0 amide bonds. The second-order valence-corrected chi connectivity index (χ2v) is 20.3. The maximum atomic E-state index is 15.2. The van der Waals surface area contributed by atoms with E-state index < -0.39 is 22.8 Å². The molecule has 0 saturated carbocycles. The predicted octanol–water partition coefficient (Wildman–Crippen LogP) is 14.9. The van der Waals surface area contributed by atoms with Crippen LogP contribution in [0.15, 0.2) is 274 Å². The van der Waals surface area contributed by atoms with Gasteiger partial charge in [-0.15, -0.1) is 0 Å². The Morgan fingerprint density at radius 1 is 0.430 bits per heavy atom. The zero-order valence-electron chi connectivity index (χ0n) is 44.6. The van der Waals surface area contributed by atoms with Crippen molar-refractivity contribution < 1.29 is 19.3 Å². The first-order valence-corrected chi connectivity index (χ1v) is 26.8. The smallest absolute Gasteiger partial charge is 0.191 e. The Balaban J connectivity index is 1.22. The summed E-state index contributed by atoms with van der Waals surface area (Å²) >= 11 is 0. The van der Waals surface area contributed by atoms with Crippen molar-refractivity contribution in [3.8, 4) is 11.5 Å². The van der Waals surface area contributed by atoms with Gasteiger partial charge in [0.25, 0.3) is 0 Å². The van der Waals surface area contributed by atoms with E-state index in [4.69, 9.17) is 24.2 Å². The zero-order valence-corrected chi connectivity index (χ0v) is 44.6. The predicted molar refractivity (Wildman–Crippen MR) is 315 cm³/mol. The minimum absolute atomic E-state index is 0.221. The number of nitrogens with zero attached hydrogens (tertiary/aromatic N) is 4. The summed E-state index contributed by atoms with van der Waals surface area (Å²) in [5.74, 6) is 1.83. The van der Waals surface area contributed by atoms with E-state index in [1.54, 1.807) is 14.2 Å². The van der Waals surface area contributed by atoms with E-state index in [-0.39, 0.29) is 6.10 Å². The number of aliphatic hydroxyl groups is 1. The molecular formula is C71H60N4O4. The third kappa shape index (κ3) is 8.85. The standard InChI is InChI=1S/C71H60N4O4/c1-50(2)79-67(55-36-35-53-45-63(77-3)41-38-51(53)43-55)65-47-75(70(59-29-17-8-18-30-59,60-31-19-9-20-32-60)61-33-21-10-22-34-61)68(73-65)71(76,62-40-37-54-46-64(78-4)42-39-52(54)44-62)66-48-74(49-72-66)69(56-23-11-5-12-24-56,57-25-13-6-14-26-57)58-27-15-7-16-28-58/h5-50,67,76H,1-4H3. The molecule has 0 radical (unpaired) electrons. The topological polar surface area (TPSA) is 83.6 Å². The van der Waals surface area contributed by atoms with Gasteiger partial charge in [0.2, 0.25) is 0 Å². The lowest BCUT2D eigenvalue weighted by Gasteiger charge is -2.41. The molecular weight excluding hydrogens is 973 g/mol. The lowest BCUT2D eigenvalue weighted by molar-refractivity contribution is 0.0279. The summed E-state index contributed by atoms with van der Waals surface area (Å²) in [6.45, 7) is 4.09. The van der Waals surface area contributed by atoms with Crippen LogP contribution in [-0.4, -0.2) is 44.5 Å². The third-order valence-electron chi connectivity index (χ3n) is 15.4. The first-order chi connectivity index (χ1) is 38.7. The molecule has 0 saturated heterocycles. The fraction of sp³-hybridized carbons (Fsp3) is 0.127. The van der Waals surface area contributed by atoms with Crippen LogP contribution in [0.3, 0.4) is 0 Å². The van der Waals surface area contributed by atoms with Gasteiger partial charge in [-0.25, -0.2) is 9.97 Å². The van der Waals surface area contributed by atoms with Crippen LogP contribution in [0, 0.1) is 0 Å². The van der Waals surface area contributed by atoms with Gasteiger partial charge >= 0.3 is 0 Å². The molecule has 388 valence electrons. The van der Waals surface area contributed by atoms with Crippen molar-refractivity contribution in [2.75, 3.05) is 14.2 Å². The molecule has 0 spiro atoms. The highest BCUT2D eigenvalue weighted by Crippen LogP contribution is 2.49. The molecule has 1 N–H and O–H groups in total. The van der Waals surface area contributed by atoms with Crippen LogP contribution in [0.5, 0.6) is 11.5 Å². The number of benzene rings is 10. The molecule has 12 rings (SSSR count). The highest BCUT2D eigenvalue weighted by atomic mass is 16.5. The van der Waals surface area contributed by atoms with Crippen molar-refractivity contribution in [3.05, 3.63) is 335 Å². The van der Waals surface area contributed by atoms with Crippen molar-refractivity contribution in [1.29, 1.82) is 0 Å². The number of rotatable bonds is 17. The number of hydrogen-bond acceptors (Lipinski definition) is 6. The van der Waals surface area contributed by atoms with E-state index in [0.29, 0.717) is 22.8 Å².